The molecule has 0 aliphatic heterocycles. The quantitative estimate of drug-likeness (QED) is 0.733. The number of anilines is 1. The van der Waals surface area contributed by atoms with Crippen molar-refractivity contribution < 1.29 is 0 Å². The van der Waals surface area contributed by atoms with E-state index >= 15 is 0 Å². The van der Waals surface area contributed by atoms with Crippen molar-refractivity contribution in [2.45, 2.75) is 46.0 Å². The molecule has 0 heterocycles. The van der Waals surface area contributed by atoms with Crippen molar-refractivity contribution >= 4 is 5.69 Å². The van der Waals surface area contributed by atoms with E-state index in [0.29, 0.717) is 0 Å². The van der Waals surface area contributed by atoms with Crippen molar-refractivity contribution in [3.63, 3.8) is 0 Å². The van der Waals surface area contributed by atoms with Gasteiger partial charge >= 0.3 is 0 Å². The zero-order valence-corrected chi connectivity index (χ0v) is 13.9. The van der Waals surface area contributed by atoms with Crippen LogP contribution in [0.1, 0.15) is 43.2 Å². The van der Waals surface area contributed by atoms with Crippen molar-refractivity contribution in [3.05, 3.63) is 53.6 Å². The van der Waals surface area contributed by atoms with E-state index in [4.69, 9.17) is 0 Å². The molecule has 0 atom stereocenters. The van der Waals surface area contributed by atoms with Gasteiger partial charge in [-0.2, -0.15) is 0 Å². The molecule has 0 amide bonds. The Balaban J connectivity index is 1.66. The molecule has 1 aliphatic rings. The average molecular weight is 293 g/mol. The summed E-state index contributed by atoms with van der Waals surface area (Å²) in [5.41, 5.74) is 6.64. The van der Waals surface area contributed by atoms with Gasteiger partial charge in [0, 0.05) is 12.2 Å². The first kappa shape index (κ1) is 15.1. The number of nitrogens with one attached hydrogen (secondary N) is 1. The summed E-state index contributed by atoms with van der Waals surface area (Å²) in [5, 5.41) is 3.62. The van der Waals surface area contributed by atoms with Gasteiger partial charge in [0.25, 0.3) is 0 Å². The fourth-order valence-corrected chi connectivity index (χ4v) is 3.48. The van der Waals surface area contributed by atoms with E-state index in [0.717, 1.165) is 12.5 Å². The van der Waals surface area contributed by atoms with Gasteiger partial charge in [0.1, 0.15) is 0 Å². The fourth-order valence-electron chi connectivity index (χ4n) is 3.48. The molecule has 0 spiro atoms. The molecule has 1 nitrogen and oxygen atoms in total. The number of hydrogen-bond acceptors (Lipinski definition) is 1. The molecule has 0 unspecified atom stereocenters. The Morgan fingerprint density at radius 2 is 1.64 bits per heavy atom. The normalized spacial score (nSPS) is 15.7. The highest BCUT2D eigenvalue weighted by Crippen LogP contribution is 2.27. The number of rotatable bonds is 4. The van der Waals surface area contributed by atoms with Crippen LogP contribution in [0.2, 0.25) is 0 Å². The van der Waals surface area contributed by atoms with Gasteiger partial charge in [-0.05, 0) is 67.0 Å². The van der Waals surface area contributed by atoms with Gasteiger partial charge in [-0.15, -0.1) is 0 Å². The Labute approximate surface area is 134 Å². The maximum atomic E-state index is 3.62. The lowest BCUT2D eigenvalue weighted by molar-refractivity contribution is 0.373. The minimum atomic E-state index is 0.868. The highest BCUT2D eigenvalue weighted by Gasteiger charge is 2.12. The Bertz CT molecular complexity index is 606. The predicted octanol–water partition coefficient (Wildman–Crippen LogP) is 5.96. The molecule has 0 aromatic heterocycles. The van der Waals surface area contributed by atoms with Crippen molar-refractivity contribution in [1.29, 1.82) is 0 Å². The first-order valence-corrected chi connectivity index (χ1v) is 8.64. The lowest BCUT2D eigenvalue weighted by Crippen LogP contribution is -2.16. The summed E-state index contributed by atoms with van der Waals surface area (Å²) in [7, 11) is 0. The molecule has 1 saturated carbocycles. The molecule has 116 valence electrons. The molecule has 1 aliphatic carbocycles. The molecule has 2 aromatic carbocycles. The molecule has 0 bridgehead atoms. The Kier molecular flexibility index (Phi) is 4.82. The van der Waals surface area contributed by atoms with E-state index in [9.17, 15) is 0 Å². The Morgan fingerprint density at radius 1 is 0.909 bits per heavy atom. The Morgan fingerprint density at radius 3 is 2.36 bits per heavy atom. The minimum Gasteiger partial charge on any atom is -0.385 e. The van der Waals surface area contributed by atoms with Gasteiger partial charge in [-0.1, -0.05) is 49.6 Å². The summed E-state index contributed by atoms with van der Waals surface area (Å²) in [4.78, 5) is 0. The third-order valence-corrected chi connectivity index (χ3v) is 5.12. The molecule has 0 radical (unpaired) electrons. The van der Waals surface area contributed by atoms with Crippen LogP contribution in [0.5, 0.6) is 0 Å². The molecule has 2 aromatic rings. The van der Waals surface area contributed by atoms with E-state index in [1.807, 2.05) is 0 Å². The summed E-state index contributed by atoms with van der Waals surface area (Å²) in [6.45, 7) is 5.52. The van der Waals surface area contributed by atoms with E-state index in [2.05, 4.69) is 61.6 Å². The summed E-state index contributed by atoms with van der Waals surface area (Å²) in [6.07, 6.45) is 7.05. The van der Waals surface area contributed by atoms with Crippen LogP contribution in [0, 0.1) is 19.8 Å². The second kappa shape index (κ2) is 7.00. The second-order valence-corrected chi connectivity index (χ2v) is 6.71. The highest BCUT2D eigenvalue weighted by atomic mass is 14.9. The van der Waals surface area contributed by atoms with Gasteiger partial charge in [-0.3, -0.25) is 0 Å². The SMILES string of the molecule is Cc1cccc(-c2ccc(NCC3CCCCC3)cc2)c1C. The van der Waals surface area contributed by atoms with Crippen molar-refractivity contribution in [1.82, 2.24) is 0 Å². The molecule has 3 rings (SSSR count). The van der Waals surface area contributed by atoms with Crippen LogP contribution < -0.4 is 5.32 Å². The first-order chi connectivity index (χ1) is 10.7. The van der Waals surface area contributed by atoms with Gasteiger partial charge in [0.15, 0.2) is 0 Å². The maximum Gasteiger partial charge on any atom is 0.0340 e. The van der Waals surface area contributed by atoms with Crippen LogP contribution in [0.3, 0.4) is 0 Å². The van der Waals surface area contributed by atoms with E-state index in [1.165, 1.54) is 60.0 Å². The second-order valence-electron chi connectivity index (χ2n) is 6.71. The lowest BCUT2D eigenvalue weighted by atomic mass is 9.89. The summed E-state index contributed by atoms with van der Waals surface area (Å²) >= 11 is 0. The summed E-state index contributed by atoms with van der Waals surface area (Å²) < 4.78 is 0. The smallest absolute Gasteiger partial charge is 0.0340 e. The molecular weight excluding hydrogens is 266 g/mol. The molecule has 1 fully saturated rings. The van der Waals surface area contributed by atoms with Crippen LogP contribution in [-0.2, 0) is 0 Å². The standard InChI is InChI=1S/C21H27N/c1-16-7-6-10-21(17(16)2)19-11-13-20(14-12-19)22-15-18-8-4-3-5-9-18/h6-7,10-14,18,22H,3-5,8-9,15H2,1-2H3. The van der Waals surface area contributed by atoms with Crippen LogP contribution in [0.4, 0.5) is 5.69 Å². The molecule has 22 heavy (non-hydrogen) atoms. The van der Waals surface area contributed by atoms with Gasteiger partial charge in [0.2, 0.25) is 0 Å². The minimum absolute atomic E-state index is 0.868. The van der Waals surface area contributed by atoms with Crippen molar-refractivity contribution in [3.8, 4) is 11.1 Å². The van der Waals surface area contributed by atoms with Crippen LogP contribution in [0.15, 0.2) is 42.5 Å². The predicted molar refractivity (Wildman–Crippen MR) is 96.4 cm³/mol. The zero-order chi connectivity index (χ0) is 15.4. The number of aryl methyl sites for hydroxylation is 1. The summed E-state index contributed by atoms with van der Waals surface area (Å²) in [5.74, 6) is 0.868. The third kappa shape index (κ3) is 3.52. The molecule has 1 N–H and O–H groups in total. The average Bonchev–Trinajstić information content (AvgIpc) is 2.57. The zero-order valence-electron chi connectivity index (χ0n) is 13.9. The largest absolute Gasteiger partial charge is 0.385 e. The molecular formula is C21H27N. The van der Waals surface area contributed by atoms with Gasteiger partial charge in [0.05, 0.1) is 0 Å². The van der Waals surface area contributed by atoms with Crippen molar-refractivity contribution in [2.24, 2.45) is 5.92 Å². The van der Waals surface area contributed by atoms with E-state index < -0.39 is 0 Å². The van der Waals surface area contributed by atoms with E-state index in [1.54, 1.807) is 0 Å². The number of benzene rings is 2. The van der Waals surface area contributed by atoms with Crippen LogP contribution in [-0.4, -0.2) is 6.54 Å². The highest BCUT2D eigenvalue weighted by molar-refractivity contribution is 5.70. The number of hydrogen-bond donors (Lipinski definition) is 1. The van der Waals surface area contributed by atoms with Crippen LogP contribution in [0.25, 0.3) is 11.1 Å². The molecule has 0 saturated heterocycles. The maximum absolute atomic E-state index is 3.62. The van der Waals surface area contributed by atoms with Crippen molar-refractivity contribution in [2.75, 3.05) is 11.9 Å². The van der Waals surface area contributed by atoms with Gasteiger partial charge in [-0.25, -0.2) is 0 Å². The van der Waals surface area contributed by atoms with Gasteiger partial charge < -0.3 is 5.32 Å². The first-order valence-electron chi connectivity index (χ1n) is 8.64. The monoisotopic (exact) mass is 293 g/mol. The third-order valence-electron chi connectivity index (χ3n) is 5.12. The van der Waals surface area contributed by atoms with Crippen LogP contribution >= 0.6 is 0 Å². The summed E-state index contributed by atoms with van der Waals surface area (Å²) in [6, 6.07) is 15.5. The lowest BCUT2D eigenvalue weighted by Gasteiger charge is -2.22. The topological polar surface area (TPSA) is 12.0 Å². The fraction of sp³-hybridized carbons (Fsp3) is 0.429. The van der Waals surface area contributed by atoms with E-state index in [-0.39, 0.29) is 0 Å². The Hall–Kier alpha value is -1.76. The molecule has 1 heteroatoms.